The second kappa shape index (κ2) is 36.0. The Morgan fingerprint density at radius 2 is 1.35 bits per heavy atom. The molecule has 0 unspecified atom stereocenters. The van der Waals surface area contributed by atoms with Crippen LogP contribution in [0.5, 0.6) is 0 Å². The van der Waals surface area contributed by atoms with Crippen molar-refractivity contribution in [1.82, 2.24) is 25.4 Å². The van der Waals surface area contributed by atoms with Crippen LogP contribution in [-0.4, -0.2) is 170 Å². The summed E-state index contributed by atoms with van der Waals surface area (Å²) in [5.41, 5.74) is 12.9. The number of halogens is 5. The predicted molar refractivity (Wildman–Crippen MR) is 278 cm³/mol. The number of carbonyl (C=O) groups excluding carboxylic acids is 5. The van der Waals surface area contributed by atoms with Gasteiger partial charge in [-0.25, -0.2) is 18.4 Å². The number of nitrogens with one attached hydrogen (secondary N) is 3. The minimum atomic E-state index is -5.08. The SMILES string of the molecule is CC(=O)N[C@@H](CCCCN)C(=O)CCCOCCOCCOCCOCCC(=O)NC[C@@H](NC(=O)[C@@H](N)CCN(C(=O)CO)[C@@H](c1cc(-c2cc(F)ccc2F)cn1Cc1ccccc1)C(C)(C)C)C(=O)O.O=C(O)C(F)(F)F. The van der Waals surface area contributed by atoms with Crippen LogP contribution in [0.2, 0.25) is 0 Å². The minimum absolute atomic E-state index is 0.0122. The van der Waals surface area contributed by atoms with E-state index in [1.807, 2.05) is 55.7 Å². The number of hydrogen-bond donors (Lipinski definition) is 8. The van der Waals surface area contributed by atoms with E-state index in [2.05, 4.69) is 16.0 Å². The van der Waals surface area contributed by atoms with Gasteiger partial charge in [-0.05, 0) is 73.9 Å². The molecule has 0 radical (unpaired) electrons. The lowest BCUT2D eigenvalue weighted by Crippen LogP contribution is -2.53. The van der Waals surface area contributed by atoms with Crippen LogP contribution in [0, 0.1) is 17.0 Å². The van der Waals surface area contributed by atoms with Gasteiger partial charge >= 0.3 is 18.1 Å². The standard InChI is InChI=1S/C51H75F2N7O12.C2HF3O2/c1-35(62)57-42(13-8-9-19-54)45(63)14-10-21-69-23-25-71-27-28-72-26-24-70-22-18-46(64)56-31-43(50(67)68)58-49(66)41(55)17-20-60(47(65)34-61)48(51(2,3)4)44-29-37(39-30-38(52)15-16-40(39)53)33-59(44)32-36-11-6-5-7-12-36;3-2(4,5)1(6)7/h5-7,11-12,15-16,29-30,33,41-43,48,61H,8-10,13-14,17-28,31-32,34,54-55H2,1-4H3,(H,56,64)(H,57,62)(H,58,66)(H,67,68);(H,6,7)/t41-,42-,43+,48-;/m0./s1. The Labute approximate surface area is 455 Å². The summed E-state index contributed by atoms with van der Waals surface area (Å²) in [5, 5.41) is 34.7. The molecule has 4 atom stereocenters. The molecule has 0 aliphatic carbocycles. The minimum Gasteiger partial charge on any atom is -0.480 e. The summed E-state index contributed by atoms with van der Waals surface area (Å²) in [6.45, 7) is 8.42. The van der Waals surface area contributed by atoms with E-state index in [4.69, 9.17) is 40.3 Å². The number of ether oxygens (including phenoxy) is 4. The third-order valence-corrected chi connectivity index (χ3v) is 11.6. The Hall–Kier alpha value is -6.42. The van der Waals surface area contributed by atoms with Gasteiger partial charge in [0, 0.05) is 69.0 Å². The number of aromatic nitrogens is 1. The van der Waals surface area contributed by atoms with Crippen molar-refractivity contribution in [3.8, 4) is 11.1 Å². The molecule has 1 aromatic heterocycles. The molecule has 0 bridgehead atoms. The normalized spacial score (nSPS) is 13.0. The number of alkyl halides is 3. The number of hydrogen-bond acceptors (Lipinski definition) is 14. The number of carboxylic acids is 2. The molecule has 0 aliphatic heterocycles. The summed E-state index contributed by atoms with van der Waals surface area (Å²) in [6.07, 6.45) is -0.749. The van der Waals surface area contributed by atoms with E-state index in [9.17, 15) is 56.5 Å². The molecule has 3 aromatic rings. The van der Waals surface area contributed by atoms with E-state index < -0.39 is 90.2 Å². The Bertz CT molecular complexity index is 2370. The fraction of sp³-hybridized carbons (Fsp3) is 0.566. The van der Waals surface area contributed by atoms with E-state index in [-0.39, 0.29) is 56.5 Å². The number of Topliss-reactive ketones (excluding diaryl/α,β-unsaturated/α-hetero) is 1. The van der Waals surface area contributed by atoms with Crippen molar-refractivity contribution in [3.63, 3.8) is 0 Å². The Morgan fingerprint density at radius 1 is 0.759 bits per heavy atom. The van der Waals surface area contributed by atoms with Crippen LogP contribution in [0.25, 0.3) is 11.1 Å². The lowest BCUT2D eigenvalue weighted by molar-refractivity contribution is -0.192. The van der Waals surface area contributed by atoms with Gasteiger partial charge in [0.05, 0.1) is 64.4 Å². The first-order valence-electron chi connectivity index (χ1n) is 25.6. The number of unbranched alkanes of at least 4 members (excludes halogenated alkanes) is 1. The van der Waals surface area contributed by atoms with Crippen molar-refractivity contribution in [2.45, 2.75) is 110 Å². The average Bonchev–Trinajstić information content (AvgIpc) is 3.80. The molecular formula is C53H76F5N7O14. The number of rotatable bonds is 36. The lowest BCUT2D eigenvalue weighted by atomic mass is 9.82. The van der Waals surface area contributed by atoms with Gasteiger partial charge in [0.15, 0.2) is 5.78 Å². The highest BCUT2D eigenvalue weighted by Gasteiger charge is 2.39. The highest BCUT2D eigenvalue weighted by atomic mass is 19.4. The molecular weight excluding hydrogens is 1050 g/mol. The summed E-state index contributed by atoms with van der Waals surface area (Å²) in [6, 6.07) is 10.0. The smallest absolute Gasteiger partial charge is 0.480 e. The van der Waals surface area contributed by atoms with Crippen molar-refractivity contribution in [2.75, 3.05) is 79.1 Å². The molecule has 0 saturated carbocycles. The summed E-state index contributed by atoms with van der Waals surface area (Å²) < 4.78 is 85.0. The number of nitrogens with two attached hydrogens (primary N) is 2. The van der Waals surface area contributed by atoms with Gasteiger partial charge in [-0.2, -0.15) is 13.2 Å². The summed E-state index contributed by atoms with van der Waals surface area (Å²) >= 11 is 0. The first kappa shape index (κ1) is 68.7. The second-order valence-electron chi connectivity index (χ2n) is 19.1. The first-order chi connectivity index (χ1) is 37.3. The van der Waals surface area contributed by atoms with E-state index in [0.29, 0.717) is 76.6 Å². The molecule has 3 rings (SSSR count). The summed E-state index contributed by atoms with van der Waals surface area (Å²) in [4.78, 5) is 85.7. The van der Waals surface area contributed by atoms with Crippen LogP contribution in [-0.2, 0) is 59.1 Å². The number of aliphatic carboxylic acids is 2. The number of aliphatic hydroxyl groups excluding tert-OH is 1. The van der Waals surface area contributed by atoms with Crippen LogP contribution >= 0.6 is 0 Å². The zero-order valence-corrected chi connectivity index (χ0v) is 45.0. The van der Waals surface area contributed by atoms with Crippen LogP contribution < -0.4 is 27.4 Å². The number of carbonyl (C=O) groups is 7. The molecule has 1 heterocycles. The van der Waals surface area contributed by atoms with Crippen LogP contribution in [0.1, 0.15) is 89.9 Å². The maximum absolute atomic E-state index is 15.1. The first-order valence-corrected chi connectivity index (χ1v) is 25.6. The predicted octanol–water partition coefficient (Wildman–Crippen LogP) is 3.87. The molecule has 0 spiro atoms. The zero-order chi connectivity index (χ0) is 59.1. The Kier molecular flexibility index (Phi) is 31.3. The van der Waals surface area contributed by atoms with E-state index in [1.54, 1.807) is 12.3 Å². The zero-order valence-electron chi connectivity index (χ0n) is 45.0. The number of aliphatic hydroxyl groups is 1. The molecule has 79 heavy (non-hydrogen) atoms. The highest BCUT2D eigenvalue weighted by Crippen LogP contribution is 2.41. The van der Waals surface area contributed by atoms with Gasteiger partial charge in [0.25, 0.3) is 0 Å². The molecule has 4 amide bonds. The van der Waals surface area contributed by atoms with Gasteiger partial charge in [-0.1, -0.05) is 51.1 Å². The number of amides is 4. The molecule has 2 aromatic carbocycles. The van der Waals surface area contributed by atoms with Crippen molar-refractivity contribution in [1.29, 1.82) is 0 Å². The van der Waals surface area contributed by atoms with Crippen LogP contribution in [0.4, 0.5) is 22.0 Å². The number of nitrogens with zero attached hydrogens (tertiary/aromatic N) is 2. The van der Waals surface area contributed by atoms with Crippen molar-refractivity contribution >= 4 is 41.4 Å². The topological polar surface area (TPSA) is 313 Å². The van der Waals surface area contributed by atoms with Crippen molar-refractivity contribution in [2.24, 2.45) is 16.9 Å². The molecule has 0 aliphatic rings. The largest absolute Gasteiger partial charge is 0.490 e. The van der Waals surface area contributed by atoms with E-state index in [1.165, 1.54) is 11.8 Å². The molecule has 0 fully saturated rings. The quantitative estimate of drug-likeness (QED) is 0.0303. The number of carboxylic acid groups (broad SMARTS) is 2. The van der Waals surface area contributed by atoms with Crippen molar-refractivity contribution < 1.29 is 89.8 Å². The van der Waals surface area contributed by atoms with Gasteiger partial charge < -0.3 is 71.2 Å². The van der Waals surface area contributed by atoms with E-state index >= 15 is 4.39 Å². The van der Waals surface area contributed by atoms with Crippen LogP contribution in [0.3, 0.4) is 0 Å². The number of ketones is 1. The Balaban J connectivity index is 0.00000284. The Morgan fingerprint density at radius 3 is 1.90 bits per heavy atom. The fourth-order valence-electron chi connectivity index (χ4n) is 7.79. The summed E-state index contributed by atoms with van der Waals surface area (Å²) in [5.74, 6) is -7.82. The molecule has 26 heteroatoms. The van der Waals surface area contributed by atoms with Crippen molar-refractivity contribution in [3.05, 3.63) is 83.7 Å². The monoisotopic (exact) mass is 1130 g/mol. The second-order valence-corrected chi connectivity index (χ2v) is 19.1. The van der Waals surface area contributed by atoms with Gasteiger partial charge in [-0.15, -0.1) is 0 Å². The maximum atomic E-state index is 15.1. The molecule has 0 saturated heterocycles. The summed E-state index contributed by atoms with van der Waals surface area (Å²) in [7, 11) is 0. The van der Waals surface area contributed by atoms with E-state index in [0.717, 1.165) is 36.6 Å². The molecule has 10 N–H and O–H groups in total. The van der Waals surface area contributed by atoms with Gasteiger partial charge in [0.2, 0.25) is 23.6 Å². The van der Waals surface area contributed by atoms with Crippen LogP contribution in [0.15, 0.2) is 60.8 Å². The highest BCUT2D eigenvalue weighted by molar-refractivity contribution is 5.89. The maximum Gasteiger partial charge on any atom is 0.490 e. The fourth-order valence-corrected chi connectivity index (χ4v) is 7.79. The number of benzene rings is 2. The lowest BCUT2D eigenvalue weighted by Gasteiger charge is -2.41. The third-order valence-electron chi connectivity index (χ3n) is 11.6. The third kappa shape index (κ3) is 26.9. The molecule has 21 nitrogen and oxygen atoms in total. The van der Waals surface area contributed by atoms with Gasteiger partial charge in [0.1, 0.15) is 24.3 Å². The molecule has 442 valence electrons. The average molecular weight is 1130 g/mol. The van der Waals surface area contributed by atoms with Gasteiger partial charge in [-0.3, -0.25) is 24.0 Å².